The van der Waals surface area contributed by atoms with E-state index in [9.17, 15) is 5.11 Å². The molecule has 2 heteroatoms. The molecular weight excluding hydrogens is 198 g/mol. The lowest BCUT2D eigenvalue weighted by Crippen LogP contribution is -2.42. The maximum absolute atomic E-state index is 9.80. The molecule has 2 unspecified atom stereocenters. The van der Waals surface area contributed by atoms with Gasteiger partial charge in [0.2, 0.25) is 0 Å². The SMILES string of the molecule is OC1CCCC(N(CC2CC2)CC2CC2)C1. The Morgan fingerprint density at radius 1 is 0.875 bits per heavy atom. The van der Waals surface area contributed by atoms with Crippen molar-refractivity contribution in [3.63, 3.8) is 0 Å². The van der Waals surface area contributed by atoms with Gasteiger partial charge >= 0.3 is 0 Å². The van der Waals surface area contributed by atoms with Crippen molar-refractivity contribution in [2.24, 2.45) is 11.8 Å². The molecular formula is C14H25NO. The predicted octanol–water partition coefficient (Wildman–Crippen LogP) is 2.41. The fraction of sp³-hybridized carbons (Fsp3) is 1.00. The summed E-state index contributed by atoms with van der Waals surface area (Å²) in [6.07, 6.45) is 10.4. The van der Waals surface area contributed by atoms with E-state index in [1.807, 2.05) is 0 Å². The molecule has 16 heavy (non-hydrogen) atoms. The van der Waals surface area contributed by atoms with Crippen LogP contribution in [0.25, 0.3) is 0 Å². The van der Waals surface area contributed by atoms with E-state index in [1.54, 1.807) is 0 Å². The van der Waals surface area contributed by atoms with Gasteiger partial charge in [0.15, 0.2) is 0 Å². The molecule has 0 spiro atoms. The molecule has 3 fully saturated rings. The highest BCUT2D eigenvalue weighted by atomic mass is 16.3. The molecule has 0 bridgehead atoms. The van der Waals surface area contributed by atoms with Crippen molar-refractivity contribution in [2.45, 2.75) is 63.5 Å². The second kappa shape index (κ2) is 4.66. The molecule has 3 rings (SSSR count). The minimum Gasteiger partial charge on any atom is -0.393 e. The average Bonchev–Trinajstić information content (AvgIpc) is 3.11. The number of hydrogen-bond donors (Lipinski definition) is 1. The van der Waals surface area contributed by atoms with E-state index in [4.69, 9.17) is 0 Å². The number of nitrogens with zero attached hydrogens (tertiary/aromatic N) is 1. The highest BCUT2D eigenvalue weighted by molar-refractivity contribution is 4.88. The lowest BCUT2D eigenvalue weighted by molar-refractivity contribution is 0.0572. The van der Waals surface area contributed by atoms with Gasteiger partial charge in [-0.2, -0.15) is 0 Å². The maximum atomic E-state index is 9.80. The van der Waals surface area contributed by atoms with E-state index in [2.05, 4.69) is 4.90 Å². The van der Waals surface area contributed by atoms with Crippen LogP contribution >= 0.6 is 0 Å². The molecule has 1 N–H and O–H groups in total. The monoisotopic (exact) mass is 223 g/mol. The Hall–Kier alpha value is -0.0800. The lowest BCUT2D eigenvalue weighted by atomic mass is 9.91. The highest BCUT2D eigenvalue weighted by Gasteiger charge is 2.34. The molecule has 0 aromatic carbocycles. The van der Waals surface area contributed by atoms with Crippen LogP contribution in [0, 0.1) is 11.8 Å². The fourth-order valence-corrected chi connectivity index (χ4v) is 3.11. The fourth-order valence-electron chi connectivity index (χ4n) is 3.11. The molecule has 3 aliphatic rings. The van der Waals surface area contributed by atoms with Crippen LogP contribution in [0.15, 0.2) is 0 Å². The van der Waals surface area contributed by atoms with Gasteiger partial charge in [-0.25, -0.2) is 0 Å². The minimum absolute atomic E-state index is 0.0142. The molecule has 0 aromatic rings. The van der Waals surface area contributed by atoms with Gasteiger partial charge in [-0.15, -0.1) is 0 Å². The van der Waals surface area contributed by atoms with Crippen LogP contribution in [0.4, 0.5) is 0 Å². The van der Waals surface area contributed by atoms with Crippen molar-refractivity contribution in [3.05, 3.63) is 0 Å². The molecule has 0 aromatic heterocycles. The van der Waals surface area contributed by atoms with Gasteiger partial charge in [0.1, 0.15) is 0 Å². The van der Waals surface area contributed by atoms with E-state index >= 15 is 0 Å². The molecule has 92 valence electrons. The highest BCUT2D eigenvalue weighted by Crippen LogP contribution is 2.36. The van der Waals surface area contributed by atoms with Crippen LogP contribution in [0.1, 0.15) is 51.4 Å². The van der Waals surface area contributed by atoms with Crippen LogP contribution < -0.4 is 0 Å². The molecule has 2 nitrogen and oxygen atoms in total. The summed E-state index contributed by atoms with van der Waals surface area (Å²) in [5.41, 5.74) is 0. The third-order valence-electron chi connectivity index (χ3n) is 4.51. The standard InChI is InChI=1S/C14H25NO/c16-14-3-1-2-13(8-14)15(9-11-4-5-11)10-12-6-7-12/h11-14,16H,1-10H2. The molecule has 0 saturated heterocycles. The van der Waals surface area contributed by atoms with Gasteiger partial charge < -0.3 is 5.11 Å². The second-order valence-corrected chi connectivity index (χ2v) is 6.31. The van der Waals surface area contributed by atoms with Gasteiger partial charge in [-0.1, -0.05) is 0 Å². The summed E-state index contributed by atoms with van der Waals surface area (Å²) in [5, 5.41) is 9.80. The number of aliphatic hydroxyl groups is 1. The van der Waals surface area contributed by atoms with Gasteiger partial charge in [0.05, 0.1) is 6.10 Å². The number of hydrogen-bond acceptors (Lipinski definition) is 2. The number of rotatable bonds is 5. The van der Waals surface area contributed by atoms with Gasteiger partial charge in [-0.05, 0) is 63.2 Å². The molecule has 0 radical (unpaired) electrons. The Labute approximate surface area is 99.0 Å². The first-order valence-corrected chi connectivity index (χ1v) is 7.23. The van der Waals surface area contributed by atoms with Crippen LogP contribution in [-0.4, -0.2) is 35.2 Å². The molecule has 0 aliphatic heterocycles. The Kier molecular flexibility index (Phi) is 3.21. The van der Waals surface area contributed by atoms with Crippen molar-refractivity contribution in [1.29, 1.82) is 0 Å². The van der Waals surface area contributed by atoms with E-state index in [-0.39, 0.29) is 6.10 Å². The Morgan fingerprint density at radius 3 is 2.00 bits per heavy atom. The van der Waals surface area contributed by atoms with E-state index in [0.29, 0.717) is 6.04 Å². The first-order chi connectivity index (χ1) is 7.81. The predicted molar refractivity (Wildman–Crippen MR) is 65.3 cm³/mol. The first-order valence-electron chi connectivity index (χ1n) is 7.23. The van der Waals surface area contributed by atoms with Crippen LogP contribution in [0.3, 0.4) is 0 Å². The smallest absolute Gasteiger partial charge is 0.0555 e. The summed E-state index contributed by atoms with van der Waals surface area (Å²) >= 11 is 0. The molecule has 0 heterocycles. The average molecular weight is 223 g/mol. The van der Waals surface area contributed by atoms with Crippen LogP contribution in [-0.2, 0) is 0 Å². The molecule has 0 amide bonds. The summed E-state index contributed by atoms with van der Waals surface area (Å²) in [5.74, 6) is 2.00. The first kappa shape index (κ1) is 11.0. The van der Waals surface area contributed by atoms with Gasteiger partial charge in [0, 0.05) is 19.1 Å². The second-order valence-electron chi connectivity index (χ2n) is 6.31. The third-order valence-corrected chi connectivity index (χ3v) is 4.51. The van der Waals surface area contributed by atoms with E-state index < -0.39 is 0 Å². The van der Waals surface area contributed by atoms with Crippen molar-refractivity contribution in [3.8, 4) is 0 Å². The Bertz CT molecular complexity index is 221. The largest absolute Gasteiger partial charge is 0.393 e. The lowest BCUT2D eigenvalue weighted by Gasteiger charge is -2.36. The van der Waals surface area contributed by atoms with Crippen LogP contribution in [0.2, 0.25) is 0 Å². The quantitative estimate of drug-likeness (QED) is 0.773. The molecule has 3 aliphatic carbocycles. The zero-order valence-corrected chi connectivity index (χ0v) is 10.3. The van der Waals surface area contributed by atoms with E-state index in [1.165, 1.54) is 51.6 Å². The summed E-state index contributed by atoms with van der Waals surface area (Å²) in [7, 11) is 0. The zero-order valence-electron chi connectivity index (χ0n) is 10.3. The van der Waals surface area contributed by atoms with Crippen molar-refractivity contribution in [1.82, 2.24) is 4.90 Å². The normalized spacial score (nSPS) is 35.6. The van der Waals surface area contributed by atoms with Crippen molar-refractivity contribution >= 4 is 0 Å². The van der Waals surface area contributed by atoms with Crippen molar-refractivity contribution in [2.75, 3.05) is 13.1 Å². The number of aliphatic hydroxyl groups excluding tert-OH is 1. The topological polar surface area (TPSA) is 23.5 Å². The third kappa shape index (κ3) is 2.98. The summed E-state index contributed by atoms with van der Waals surface area (Å²) in [6.45, 7) is 2.65. The minimum atomic E-state index is -0.0142. The summed E-state index contributed by atoms with van der Waals surface area (Å²) < 4.78 is 0. The van der Waals surface area contributed by atoms with Gasteiger partial charge in [-0.3, -0.25) is 4.90 Å². The van der Waals surface area contributed by atoms with Crippen molar-refractivity contribution < 1.29 is 5.11 Å². The van der Waals surface area contributed by atoms with Gasteiger partial charge in [0.25, 0.3) is 0 Å². The van der Waals surface area contributed by atoms with Crippen LogP contribution in [0.5, 0.6) is 0 Å². The maximum Gasteiger partial charge on any atom is 0.0555 e. The zero-order chi connectivity index (χ0) is 11.0. The molecule has 2 atom stereocenters. The Morgan fingerprint density at radius 2 is 1.50 bits per heavy atom. The summed E-state index contributed by atoms with van der Waals surface area (Å²) in [4.78, 5) is 2.73. The summed E-state index contributed by atoms with van der Waals surface area (Å²) in [6, 6.07) is 0.699. The Balaban J connectivity index is 1.55. The molecule has 3 saturated carbocycles. The van der Waals surface area contributed by atoms with E-state index in [0.717, 1.165) is 24.7 Å².